The average Bonchev–Trinajstić information content (AvgIpc) is 2.76. The maximum atomic E-state index is 13.0. The molecule has 2 aromatic rings. The fraction of sp³-hybridized carbons (Fsp3) is 0.409. The number of anilines is 1. The summed E-state index contributed by atoms with van der Waals surface area (Å²) in [6.45, 7) is 3.73. The van der Waals surface area contributed by atoms with Crippen molar-refractivity contribution in [3.05, 3.63) is 69.8 Å². The Labute approximate surface area is 178 Å². The van der Waals surface area contributed by atoms with Crippen molar-refractivity contribution < 1.29 is 22.9 Å². The van der Waals surface area contributed by atoms with Gasteiger partial charge in [0.25, 0.3) is 5.69 Å². The van der Waals surface area contributed by atoms with E-state index in [0.29, 0.717) is 45.1 Å². The molecule has 0 spiro atoms. The molecule has 0 unspecified atom stereocenters. The van der Waals surface area contributed by atoms with Crippen molar-refractivity contribution in [2.24, 2.45) is 5.92 Å². The largest absolute Gasteiger partial charge is 0.416 e. The predicted octanol–water partition coefficient (Wildman–Crippen LogP) is 4.88. The lowest BCUT2D eigenvalue weighted by atomic mass is 9.94. The van der Waals surface area contributed by atoms with Crippen LogP contribution in [0.25, 0.3) is 0 Å². The third-order valence-corrected chi connectivity index (χ3v) is 5.59. The zero-order chi connectivity index (χ0) is 22.6. The number of halogens is 3. The van der Waals surface area contributed by atoms with Crippen molar-refractivity contribution in [1.82, 2.24) is 4.90 Å². The summed E-state index contributed by atoms with van der Waals surface area (Å²) in [5.74, 6) is -0.179. The van der Waals surface area contributed by atoms with Crippen molar-refractivity contribution in [2.75, 3.05) is 24.5 Å². The Morgan fingerprint density at radius 3 is 2.35 bits per heavy atom. The van der Waals surface area contributed by atoms with Gasteiger partial charge in [0.2, 0.25) is 5.91 Å². The first-order valence-electron chi connectivity index (χ1n) is 10.1. The molecule has 1 amide bonds. The molecule has 31 heavy (non-hydrogen) atoms. The van der Waals surface area contributed by atoms with Crippen LogP contribution < -0.4 is 4.90 Å². The number of hydrogen-bond donors (Lipinski definition) is 0. The Bertz CT molecular complexity index is 927. The summed E-state index contributed by atoms with van der Waals surface area (Å²) in [6.07, 6.45) is -3.67. The zero-order valence-electron chi connectivity index (χ0n) is 17.1. The van der Waals surface area contributed by atoms with Gasteiger partial charge in [0, 0.05) is 38.2 Å². The molecule has 0 aromatic heterocycles. The fourth-order valence-electron chi connectivity index (χ4n) is 3.89. The van der Waals surface area contributed by atoms with E-state index >= 15 is 0 Å². The van der Waals surface area contributed by atoms with Gasteiger partial charge in [0.05, 0.1) is 10.5 Å². The minimum absolute atomic E-state index is 0.0351. The Morgan fingerprint density at radius 2 is 1.81 bits per heavy atom. The molecule has 0 aliphatic carbocycles. The molecule has 6 nitrogen and oxygen atoms in total. The molecular formula is C22H24F3N3O3. The summed E-state index contributed by atoms with van der Waals surface area (Å²) in [5.41, 5.74) is -0.428. The van der Waals surface area contributed by atoms with E-state index in [1.165, 1.54) is 0 Å². The van der Waals surface area contributed by atoms with E-state index < -0.39 is 22.4 Å². The number of rotatable bonds is 6. The summed E-state index contributed by atoms with van der Waals surface area (Å²) >= 11 is 0. The highest BCUT2D eigenvalue weighted by Gasteiger charge is 2.35. The second-order valence-electron chi connectivity index (χ2n) is 7.56. The molecule has 0 bridgehead atoms. The Morgan fingerprint density at radius 1 is 1.16 bits per heavy atom. The second-order valence-corrected chi connectivity index (χ2v) is 7.56. The highest BCUT2D eigenvalue weighted by Crippen LogP contribution is 2.37. The van der Waals surface area contributed by atoms with Gasteiger partial charge in [0.1, 0.15) is 5.69 Å². The molecule has 166 valence electrons. The number of nitro benzene ring substituents is 1. The second kappa shape index (κ2) is 9.36. The number of benzene rings is 2. The lowest BCUT2D eigenvalue weighted by Crippen LogP contribution is -2.42. The predicted molar refractivity (Wildman–Crippen MR) is 111 cm³/mol. The van der Waals surface area contributed by atoms with Crippen LogP contribution in [0.15, 0.2) is 48.5 Å². The smallest absolute Gasteiger partial charge is 0.366 e. The number of piperidine rings is 1. The van der Waals surface area contributed by atoms with Crippen LogP contribution >= 0.6 is 0 Å². The van der Waals surface area contributed by atoms with Gasteiger partial charge in [-0.1, -0.05) is 30.3 Å². The van der Waals surface area contributed by atoms with Gasteiger partial charge in [-0.15, -0.1) is 0 Å². The Balaban J connectivity index is 1.69. The highest BCUT2D eigenvalue weighted by molar-refractivity contribution is 5.79. The van der Waals surface area contributed by atoms with Gasteiger partial charge in [0.15, 0.2) is 0 Å². The van der Waals surface area contributed by atoms with Crippen LogP contribution in [0.1, 0.15) is 30.9 Å². The van der Waals surface area contributed by atoms with E-state index in [2.05, 4.69) is 0 Å². The van der Waals surface area contributed by atoms with Crippen LogP contribution in [0.2, 0.25) is 0 Å². The van der Waals surface area contributed by atoms with E-state index in [-0.39, 0.29) is 17.5 Å². The summed E-state index contributed by atoms with van der Waals surface area (Å²) in [6, 6.07) is 12.3. The molecule has 1 aliphatic rings. The number of carbonyl (C=O) groups excluding carboxylic acids is 1. The van der Waals surface area contributed by atoms with Crippen molar-refractivity contribution in [3.8, 4) is 0 Å². The zero-order valence-corrected chi connectivity index (χ0v) is 17.1. The van der Waals surface area contributed by atoms with Crippen molar-refractivity contribution >= 4 is 17.3 Å². The van der Waals surface area contributed by atoms with Crippen LogP contribution in [-0.2, 0) is 17.5 Å². The van der Waals surface area contributed by atoms with Crippen molar-refractivity contribution in [3.63, 3.8) is 0 Å². The van der Waals surface area contributed by atoms with Crippen LogP contribution in [-0.4, -0.2) is 35.4 Å². The van der Waals surface area contributed by atoms with E-state index in [1.807, 2.05) is 37.3 Å². The summed E-state index contributed by atoms with van der Waals surface area (Å²) in [5, 5.41) is 11.4. The monoisotopic (exact) mass is 435 g/mol. The summed E-state index contributed by atoms with van der Waals surface area (Å²) in [4.78, 5) is 27.0. The van der Waals surface area contributed by atoms with Gasteiger partial charge in [-0.3, -0.25) is 14.9 Å². The lowest BCUT2D eigenvalue weighted by molar-refractivity contribution is -0.384. The fourth-order valence-corrected chi connectivity index (χ4v) is 3.89. The minimum atomic E-state index is -4.65. The molecule has 2 aromatic carbocycles. The van der Waals surface area contributed by atoms with Gasteiger partial charge >= 0.3 is 6.18 Å². The number of alkyl halides is 3. The normalized spacial score (nSPS) is 15.0. The number of amides is 1. The highest BCUT2D eigenvalue weighted by atomic mass is 19.4. The topological polar surface area (TPSA) is 66.7 Å². The number of nitrogens with zero attached hydrogens (tertiary/aromatic N) is 3. The van der Waals surface area contributed by atoms with Crippen molar-refractivity contribution in [2.45, 2.75) is 32.5 Å². The SMILES string of the molecule is CCN(Cc1ccccc1)C(=O)C1CCN(c2ccc(C(F)(F)F)cc2[N+](=O)[O-])CC1. The molecule has 3 rings (SSSR count). The quantitative estimate of drug-likeness (QED) is 0.479. The molecule has 0 N–H and O–H groups in total. The molecule has 9 heteroatoms. The first-order chi connectivity index (χ1) is 14.7. The number of hydrogen-bond acceptors (Lipinski definition) is 4. The lowest BCUT2D eigenvalue weighted by Gasteiger charge is -2.35. The standard InChI is InChI=1S/C22H24F3N3O3/c1-2-26(15-16-6-4-3-5-7-16)21(29)17-10-12-27(13-11-17)19-9-8-18(22(23,24)25)14-20(19)28(30)31/h3-9,14,17H,2,10-13,15H2,1H3. The molecule has 0 atom stereocenters. The average molecular weight is 435 g/mol. The first-order valence-corrected chi connectivity index (χ1v) is 10.1. The molecule has 1 saturated heterocycles. The van der Waals surface area contributed by atoms with Crippen molar-refractivity contribution in [1.29, 1.82) is 0 Å². The molecular weight excluding hydrogens is 411 g/mol. The van der Waals surface area contributed by atoms with Crippen LogP contribution in [0.3, 0.4) is 0 Å². The summed E-state index contributed by atoms with van der Waals surface area (Å²) < 4.78 is 38.8. The van der Waals surface area contributed by atoms with Gasteiger partial charge in [-0.25, -0.2) is 0 Å². The summed E-state index contributed by atoms with van der Waals surface area (Å²) in [7, 11) is 0. The van der Waals surface area contributed by atoms with Crippen LogP contribution in [0.5, 0.6) is 0 Å². The molecule has 1 aliphatic heterocycles. The molecule has 0 saturated carbocycles. The van der Waals surface area contributed by atoms with E-state index in [1.54, 1.807) is 9.80 Å². The maximum absolute atomic E-state index is 13.0. The third-order valence-electron chi connectivity index (χ3n) is 5.59. The first kappa shape index (κ1) is 22.6. The molecule has 1 heterocycles. The number of carbonyl (C=O) groups is 1. The third kappa shape index (κ3) is 5.34. The van der Waals surface area contributed by atoms with Crippen LogP contribution in [0.4, 0.5) is 24.5 Å². The van der Waals surface area contributed by atoms with Gasteiger partial charge in [-0.05, 0) is 37.5 Å². The number of nitro groups is 1. The van der Waals surface area contributed by atoms with Gasteiger partial charge < -0.3 is 9.80 Å². The van der Waals surface area contributed by atoms with E-state index in [0.717, 1.165) is 17.7 Å². The molecule has 0 radical (unpaired) electrons. The minimum Gasteiger partial charge on any atom is -0.366 e. The van der Waals surface area contributed by atoms with Gasteiger partial charge in [-0.2, -0.15) is 13.2 Å². The van der Waals surface area contributed by atoms with E-state index in [9.17, 15) is 28.1 Å². The van der Waals surface area contributed by atoms with E-state index in [4.69, 9.17) is 0 Å². The molecule has 1 fully saturated rings. The Hall–Kier alpha value is -3.10. The Kier molecular flexibility index (Phi) is 6.82. The van der Waals surface area contributed by atoms with Crippen LogP contribution in [0, 0.1) is 16.0 Å². The maximum Gasteiger partial charge on any atom is 0.416 e.